The molecule has 1 heterocycles. The fourth-order valence-electron chi connectivity index (χ4n) is 1.50. The van der Waals surface area contributed by atoms with Crippen molar-refractivity contribution in [1.29, 1.82) is 0 Å². The number of fused-ring (bicyclic) bond motifs is 1. The van der Waals surface area contributed by atoms with E-state index in [1.165, 1.54) is 0 Å². The first-order valence-electron chi connectivity index (χ1n) is 5.34. The fourth-order valence-corrected chi connectivity index (χ4v) is 1.50. The molecule has 0 saturated carbocycles. The summed E-state index contributed by atoms with van der Waals surface area (Å²) in [5.41, 5.74) is 6.18. The second-order valence-corrected chi connectivity index (χ2v) is 4.75. The van der Waals surface area contributed by atoms with Gasteiger partial charge in [0.15, 0.2) is 11.5 Å². The second kappa shape index (κ2) is 3.77. The molecular weight excluding hydrogens is 206 g/mol. The van der Waals surface area contributed by atoms with E-state index in [2.05, 4.69) is 0 Å². The molecule has 0 atom stereocenters. The molecule has 1 aliphatic rings. The lowest BCUT2D eigenvalue weighted by atomic mass is 10.2. The molecule has 1 aromatic carbocycles. The van der Waals surface area contributed by atoms with Crippen LogP contribution in [0.4, 0.5) is 5.69 Å². The number of benzene rings is 1. The van der Waals surface area contributed by atoms with Crippen molar-refractivity contribution in [1.82, 2.24) is 0 Å². The minimum atomic E-state index is -0.280. The number of hydrogen-bond acceptors (Lipinski definition) is 4. The summed E-state index contributed by atoms with van der Waals surface area (Å²) in [4.78, 5) is 0. The van der Waals surface area contributed by atoms with Gasteiger partial charge < -0.3 is 19.9 Å². The third-order valence-electron chi connectivity index (χ3n) is 2.09. The van der Waals surface area contributed by atoms with Crippen LogP contribution < -0.4 is 19.9 Å². The van der Waals surface area contributed by atoms with E-state index >= 15 is 0 Å². The summed E-state index contributed by atoms with van der Waals surface area (Å²) in [6.07, 6.45) is 0. The Balaban J connectivity index is 2.32. The summed E-state index contributed by atoms with van der Waals surface area (Å²) in [6.45, 7) is 7.05. The van der Waals surface area contributed by atoms with Crippen LogP contribution in [-0.4, -0.2) is 18.8 Å². The van der Waals surface area contributed by atoms with Crippen LogP contribution in [0.2, 0.25) is 0 Å². The van der Waals surface area contributed by atoms with Crippen LogP contribution in [0.1, 0.15) is 20.8 Å². The van der Waals surface area contributed by atoms with Crippen molar-refractivity contribution in [2.75, 3.05) is 18.9 Å². The van der Waals surface area contributed by atoms with Gasteiger partial charge in [-0.2, -0.15) is 0 Å². The zero-order chi connectivity index (χ0) is 11.8. The van der Waals surface area contributed by atoms with Crippen LogP contribution in [-0.2, 0) is 0 Å². The summed E-state index contributed by atoms with van der Waals surface area (Å²) in [7, 11) is 0. The molecule has 4 heteroatoms. The van der Waals surface area contributed by atoms with Crippen LogP contribution in [0.15, 0.2) is 12.1 Å². The first-order chi connectivity index (χ1) is 7.46. The third-order valence-corrected chi connectivity index (χ3v) is 2.09. The average molecular weight is 223 g/mol. The Morgan fingerprint density at radius 3 is 2.25 bits per heavy atom. The summed E-state index contributed by atoms with van der Waals surface area (Å²) in [5, 5.41) is 0. The van der Waals surface area contributed by atoms with Gasteiger partial charge in [0.25, 0.3) is 0 Å². The molecule has 0 bridgehead atoms. The molecule has 0 fully saturated rings. The smallest absolute Gasteiger partial charge is 0.165 e. The Morgan fingerprint density at radius 1 is 1.12 bits per heavy atom. The molecule has 0 spiro atoms. The van der Waals surface area contributed by atoms with Crippen LogP contribution >= 0.6 is 0 Å². The van der Waals surface area contributed by atoms with Crippen molar-refractivity contribution in [3.05, 3.63) is 12.1 Å². The third kappa shape index (κ3) is 2.32. The van der Waals surface area contributed by atoms with Crippen molar-refractivity contribution in [2.24, 2.45) is 0 Å². The Morgan fingerprint density at radius 2 is 1.69 bits per heavy atom. The van der Waals surface area contributed by atoms with E-state index in [4.69, 9.17) is 19.9 Å². The lowest BCUT2D eigenvalue weighted by molar-refractivity contribution is 0.129. The molecule has 0 saturated heterocycles. The Bertz CT molecular complexity index is 396. The standard InChI is InChI=1S/C12H17NO3/c1-12(2,3)16-9-7-11-10(6-8(9)13)14-4-5-15-11/h6-7H,4-5,13H2,1-3H3. The Labute approximate surface area is 95.3 Å². The first-order valence-corrected chi connectivity index (χ1v) is 5.34. The molecule has 0 aromatic heterocycles. The summed E-state index contributed by atoms with van der Waals surface area (Å²) in [6, 6.07) is 3.53. The normalized spacial score (nSPS) is 14.7. The van der Waals surface area contributed by atoms with Gasteiger partial charge in [-0.15, -0.1) is 0 Å². The van der Waals surface area contributed by atoms with E-state index in [9.17, 15) is 0 Å². The maximum absolute atomic E-state index is 5.89. The van der Waals surface area contributed by atoms with Gasteiger partial charge in [0.1, 0.15) is 24.6 Å². The van der Waals surface area contributed by atoms with Crippen molar-refractivity contribution in [2.45, 2.75) is 26.4 Å². The molecule has 16 heavy (non-hydrogen) atoms. The lowest BCUT2D eigenvalue weighted by Crippen LogP contribution is -2.24. The highest BCUT2D eigenvalue weighted by Gasteiger charge is 2.19. The van der Waals surface area contributed by atoms with Crippen LogP contribution in [0.25, 0.3) is 0 Å². The van der Waals surface area contributed by atoms with Crippen molar-refractivity contribution >= 4 is 5.69 Å². The zero-order valence-corrected chi connectivity index (χ0v) is 9.87. The lowest BCUT2D eigenvalue weighted by Gasteiger charge is -2.25. The SMILES string of the molecule is CC(C)(C)Oc1cc2c(cc1N)OCCO2. The van der Waals surface area contributed by atoms with Crippen molar-refractivity contribution in [3.63, 3.8) is 0 Å². The largest absolute Gasteiger partial charge is 0.486 e. The fraction of sp³-hybridized carbons (Fsp3) is 0.500. The van der Waals surface area contributed by atoms with Gasteiger partial charge in [-0.1, -0.05) is 0 Å². The number of rotatable bonds is 1. The van der Waals surface area contributed by atoms with Crippen LogP contribution in [0.3, 0.4) is 0 Å². The average Bonchev–Trinajstić information content (AvgIpc) is 2.17. The minimum absolute atomic E-state index is 0.280. The van der Waals surface area contributed by atoms with Gasteiger partial charge in [0, 0.05) is 12.1 Å². The molecule has 1 aliphatic heterocycles. The van der Waals surface area contributed by atoms with Gasteiger partial charge >= 0.3 is 0 Å². The molecule has 4 nitrogen and oxygen atoms in total. The number of hydrogen-bond donors (Lipinski definition) is 1. The predicted molar refractivity (Wildman–Crippen MR) is 62.2 cm³/mol. The van der Waals surface area contributed by atoms with Gasteiger partial charge in [-0.05, 0) is 20.8 Å². The van der Waals surface area contributed by atoms with Crippen molar-refractivity contribution in [3.8, 4) is 17.2 Å². The van der Waals surface area contributed by atoms with E-state index in [0.717, 1.165) is 0 Å². The van der Waals surface area contributed by atoms with Crippen LogP contribution in [0.5, 0.6) is 17.2 Å². The quantitative estimate of drug-likeness (QED) is 0.742. The molecule has 0 amide bonds. The van der Waals surface area contributed by atoms with Gasteiger partial charge in [-0.3, -0.25) is 0 Å². The summed E-state index contributed by atoms with van der Waals surface area (Å²) < 4.78 is 16.6. The summed E-state index contributed by atoms with van der Waals surface area (Å²) >= 11 is 0. The molecule has 0 radical (unpaired) electrons. The zero-order valence-electron chi connectivity index (χ0n) is 9.87. The Hall–Kier alpha value is -1.58. The maximum Gasteiger partial charge on any atom is 0.165 e. The maximum atomic E-state index is 5.89. The van der Waals surface area contributed by atoms with Crippen molar-refractivity contribution < 1.29 is 14.2 Å². The van der Waals surface area contributed by atoms with E-state index in [-0.39, 0.29) is 5.60 Å². The predicted octanol–water partition coefficient (Wildman–Crippen LogP) is 2.22. The van der Waals surface area contributed by atoms with E-state index in [1.807, 2.05) is 20.8 Å². The highest BCUT2D eigenvalue weighted by molar-refractivity contribution is 5.62. The highest BCUT2D eigenvalue weighted by Crippen LogP contribution is 2.39. The number of nitrogen functional groups attached to an aromatic ring is 1. The molecule has 0 unspecified atom stereocenters. The van der Waals surface area contributed by atoms with Crippen LogP contribution in [0, 0.1) is 0 Å². The molecular formula is C12H17NO3. The van der Waals surface area contributed by atoms with Gasteiger partial charge in [0.2, 0.25) is 0 Å². The monoisotopic (exact) mass is 223 g/mol. The number of ether oxygens (including phenoxy) is 3. The molecule has 2 rings (SSSR count). The highest BCUT2D eigenvalue weighted by atomic mass is 16.6. The van der Waals surface area contributed by atoms with Gasteiger partial charge in [0.05, 0.1) is 5.69 Å². The Kier molecular flexibility index (Phi) is 2.58. The number of anilines is 1. The number of nitrogens with two attached hydrogens (primary N) is 1. The minimum Gasteiger partial charge on any atom is -0.486 e. The molecule has 2 N–H and O–H groups in total. The molecule has 0 aliphatic carbocycles. The first kappa shape index (κ1) is 10.9. The second-order valence-electron chi connectivity index (χ2n) is 4.75. The topological polar surface area (TPSA) is 53.7 Å². The molecule has 88 valence electrons. The summed E-state index contributed by atoms with van der Waals surface area (Å²) in [5.74, 6) is 2.02. The van der Waals surface area contributed by atoms with Gasteiger partial charge in [-0.25, -0.2) is 0 Å². The van der Waals surface area contributed by atoms with E-state index in [0.29, 0.717) is 36.1 Å². The molecule has 1 aromatic rings. The van der Waals surface area contributed by atoms with E-state index < -0.39 is 0 Å². The van der Waals surface area contributed by atoms with E-state index in [1.54, 1.807) is 12.1 Å².